The average molecular weight is 389 g/mol. The number of benzene rings is 2. The van der Waals surface area contributed by atoms with E-state index in [4.69, 9.17) is 15.1 Å². The van der Waals surface area contributed by atoms with Gasteiger partial charge < -0.3 is 15.1 Å². The zero-order chi connectivity index (χ0) is 20.5. The number of hydrogen-bond donors (Lipinski definition) is 1. The summed E-state index contributed by atoms with van der Waals surface area (Å²) in [6, 6.07) is 15.4. The maximum absolute atomic E-state index is 13.3. The highest BCUT2D eigenvalue weighted by atomic mass is 16.4. The van der Waals surface area contributed by atoms with Crippen LogP contribution in [-0.2, 0) is 0 Å². The standard InChI is InChI=1S/C24H27N3O2/c1-15(2)22-21(17-8-5-4-6-9-17)26-23(29-22)20-10-7-13-27(20)24(28)19-14-18(25)12-11-16(19)3/h4-6,8-9,11-12,14-15,20H,7,10,13,25H2,1-3H3. The predicted octanol–water partition coefficient (Wildman–Crippen LogP) is 5.33. The second-order valence-corrected chi connectivity index (χ2v) is 8.02. The summed E-state index contributed by atoms with van der Waals surface area (Å²) in [5.74, 6) is 1.68. The second kappa shape index (κ2) is 7.74. The van der Waals surface area contributed by atoms with E-state index >= 15 is 0 Å². The fraction of sp³-hybridized carbons (Fsp3) is 0.333. The number of amides is 1. The highest BCUT2D eigenvalue weighted by Crippen LogP contribution is 2.38. The lowest BCUT2D eigenvalue weighted by Crippen LogP contribution is -2.31. The van der Waals surface area contributed by atoms with Crippen LogP contribution in [0.1, 0.15) is 66.2 Å². The topological polar surface area (TPSA) is 72.4 Å². The molecule has 4 rings (SSSR count). The Morgan fingerprint density at radius 3 is 2.69 bits per heavy atom. The Labute approximate surface area is 171 Å². The second-order valence-electron chi connectivity index (χ2n) is 8.02. The Balaban J connectivity index is 1.71. The number of anilines is 1. The molecule has 0 radical (unpaired) electrons. The molecule has 1 fully saturated rings. The maximum Gasteiger partial charge on any atom is 0.254 e. The van der Waals surface area contributed by atoms with Gasteiger partial charge >= 0.3 is 0 Å². The lowest BCUT2D eigenvalue weighted by molar-refractivity contribution is 0.0713. The van der Waals surface area contributed by atoms with Crippen molar-refractivity contribution >= 4 is 11.6 Å². The highest BCUT2D eigenvalue weighted by molar-refractivity contribution is 5.96. The third-order valence-corrected chi connectivity index (χ3v) is 5.53. The van der Waals surface area contributed by atoms with Crippen molar-refractivity contribution in [1.82, 2.24) is 9.88 Å². The lowest BCUT2D eigenvalue weighted by atomic mass is 10.0. The largest absolute Gasteiger partial charge is 0.442 e. The normalized spacial score (nSPS) is 16.6. The number of nitrogens with two attached hydrogens (primary N) is 1. The molecule has 0 aliphatic carbocycles. The number of likely N-dealkylation sites (tertiary alicyclic amines) is 1. The van der Waals surface area contributed by atoms with Crippen LogP contribution in [0.25, 0.3) is 11.3 Å². The summed E-state index contributed by atoms with van der Waals surface area (Å²) >= 11 is 0. The summed E-state index contributed by atoms with van der Waals surface area (Å²) in [5, 5.41) is 0. The van der Waals surface area contributed by atoms with Crippen LogP contribution < -0.4 is 5.73 Å². The van der Waals surface area contributed by atoms with Crippen molar-refractivity contribution in [1.29, 1.82) is 0 Å². The first kappa shape index (κ1) is 19.2. The van der Waals surface area contributed by atoms with Gasteiger partial charge in [-0.25, -0.2) is 4.98 Å². The number of carbonyl (C=O) groups is 1. The van der Waals surface area contributed by atoms with Crippen LogP contribution in [0.3, 0.4) is 0 Å². The summed E-state index contributed by atoms with van der Waals surface area (Å²) in [4.78, 5) is 20.0. The molecule has 0 spiro atoms. The molecule has 2 aromatic carbocycles. The maximum atomic E-state index is 13.3. The predicted molar refractivity (Wildman–Crippen MR) is 115 cm³/mol. The first-order chi connectivity index (χ1) is 14.0. The molecule has 1 aromatic heterocycles. The summed E-state index contributed by atoms with van der Waals surface area (Å²) in [6.07, 6.45) is 1.78. The molecule has 1 unspecified atom stereocenters. The molecule has 1 saturated heterocycles. The first-order valence-electron chi connectivity index (χ1n) is 10.2. The number of aromatic nitrogens is 1. The minimum atomic E-state index is -0.154. The van der Waals surface area contributed by atoms with E-state index in [-0.39, 0.29) is 17.9 Å². The van der Waals surface area contributed by atoms with Gasteiger partial charge in [0.05, 0.1) is 0 Å². The number of nitrogen functional groups attached to an aromatic ring is 1. The molecular formula is C24H27N3O2. The van der Waals surface area contributed by atoms with Crippen LogP contribution in [0.4, 0.5) is 5.69 Å². The molecule has 1 aliphatic rings. The highest BCUT2D eigenvalue weighted by Gasteiger charge is 2.35. The molecule has 1 atom stereocenters. The zero-order valence-electron chi connectivity index (χ0n) is 17.2. The van der Waals surface area contributed by atoms with Crippen LogP contribution in [0, 0.1) is 6.92 Å². The lowest BCUT2D eigenvalue weighted by Gasteiger charge is -2.23. The van der Waals surface area contributed by atoms with Gasteiger partial charge in [-0.1, -0.05) is 50.2 Å². The summed E-state index contributed by atoms with van der Waals surface area (Å²) in [6.45, 7) is 6.83. The summed E-state index contributed by atoms with van der Waals surface area (Å²) in [7, 11) is 0. The van der Waals surface area contributed by atoms with Crippen LogP contribution in [0.15, 0.2) is 52.9 Å². The van der Waals surface area contributed by atoms with Gasteiger partial charge in [0.15, 0.2) is 0 Å². The Morgan fingerprint density at radius 2 is 1.97 bits per heavy atom. The Bertz CT molecular complexity index is 1020. The van der Waals surface area contributed by atoms with Crippen LogP contribution in [-0.4, -0.2) is 22.3 Å². The van der Waals surface area contributed by atoms with Crippen LogP contribution in [0.2, 0.25) is 0 Å². The van der Waals surface area contributed by atoms with E-state index < -0.39 is 0 Å². The molecule has 150 valence electrons. The van der Waals surface area contributed by atoms with Crippen molar-refractivity contribution in [3.8, 4) is 11.3 Å². The first-order valence-corrected chi connectivity index (χ1v) is 10.2. The van der Waals surface area contributed by atoms with Crippen molar-refractivity contribution in [3.05, 3.63) is 71.3 Å². The van der Waals surface area contributed by atoms with E-state index in [0.717, 1.165) is 35.4 Å². The Kier molecular flexibility index (Phi) is 5.14. The van der Waals surface area contributed by atoms with Gasteiger partial charge in [-0.3, -0.25) is 4.79 Å². The SMILES string of the molecule is Cc1ccc(N)cc1C(=O)N1CCCC1c1nc(-c2ccccc2)c(C(C)C)o1. The van der Waals surface area contributed by atoms with Gasteiger partial charge in [-0.2, -0.15) is 0 Å². The molecule has 0 saturated carbocycles. The van der Waals surface area contributed by atoms with Crippen molar-refractivity contribution in [2.75, 3.05) is 12.3 Å². The number of oxazole rings is 1. The third-order valence-electron chi connectivity index (χ3n) is 5.53. The molecule has 1 aliphatic heterocycles. The minimum Gasteiger partial charge on any atom is -0.442 e. The van der Waals surface area contributed by atoms with Crippen molar-refractivity contribution in [2.45, 2.75) is 45.6 Å². The van der Waals surface area contributed by atoms with E-state index in [9.17, 15) is 4.79 Å². The Hall–Kier alpha value is -3.08. The van der Waals surface area contributed by atoms with Crippen molar-refractivity contribution in [2.24, 2.45) is 0 Å². The van der Waals surface area contributed by atoms with E-state index in [0.29, 0.717) is 23.7 Å². The number of rotatable bonds is 4. The van der Waals surface area contributed by atoms with Crippen LogP contribution >= 0.6 is 0 Å². The summed E-state index contributed by atoms with van der Waals surface area (Å²) in [5.41, 5.74) is 10.0. The van der Waals surface area contributed by atoms with Crippen molar-refractivity contribution in [3.63, 3.8) is 0 Å². The Morgan fingerprint density at radius 1 is 1.21 bits per heavy atom. The van der Waals surface area contributed by atoms with Gasteiger partial charge in [-0.15, -0.1) is 0 Å². The number of nitrogens with zero attached hydrogens (tertiary/aromatic N) is 2. The smallest absolute Gasteiger partial charge is 0.254 e. The molecule has 5 nitrogen and oxygen atoms in total. The fourth-order valence-corrected chi connectivity index (χ4v) is 3.98. The molecule has 5 heteroatoms. The summed E-state index contributed by atoms with van der Waals surface area (Å²) < 4.78 is 6.26. The molecule has 29 heavy (non-hydrogen) atoms. The number of hydrogen-bond acceptors (Lipinski definition) is 4. The van der Waals surface area contributed by atoms with Gasteiger partial charge in [0.2, 0.25) is 5.89 Å². The molecule has 2 heterocycles. The molecule has 2 N–H and O–H groups in total. The quantitative estimate of drug-likeness (QED) is 0.612. The third kappa shape index (κ3) is 3.65. The monoisotopic (exact) mass is 389 g/mol. The van der Waals surface area contributed by atoms with E-state index in [1.54, 1.807) is 6.07 Å². The molecule has 0 bridgehead atoms. The van der Waals surface area contributed by atoms with E-state index in [2.05, 4.69) is 13.8 Å². The van der Waals surface area contributed by atoms with E-state index in [1.165, 1.54) is 0 Å². The fourth-order valence-electron chi connectivity index (χ4n) is 3.98. The minimum absolute atomic E-state index is 0.0112. The number of aryl methyl sites for hydroxylation is 1. The van der Waals surface area contributed by atoms with Crippen molar-refractivity contribution < 1.29 is 9.21 Å². The van der Waals surface area contributed by atoms with Gasteiger partial charge in [0, 0.05) is 29.3 Å². The number of carbonyl (C=O) groups excluding carboxylic acids is 1. The van der Waals surface area contributed by atoms with Crippen LogP contribution in [0.5, 0.6) is 0 Å². The molecule has 3 aromatic rings. The van der Waals surface area contributed by atoms with Gasteiger partial charge in [-0.05, 0) is 37.5 Å². The van der Waals surface area contributed by atoms with E-state index in [1.807, 2.05) is 54.3 Å². The average Bonchev–Trinajstić information content (AvgIpc) is 3.37. The van der Waals surface area contributed by atoms with Gasteiger partial charge in [0.1, 0.15) is 17.5 Å². The zero-order valence-corrected chi connectivity index (χ0v) is 17.2. The molecular weight excluding hydrogens is 362 g/mol. The molecule has 1 amide bonds. The van der Waals surface area contributed by atoms with Gasteiger partial charge in [0.25, 0.3) is 5.91 Å².